The Morgan fingerprint density at radius 3 is 2.21 bits per heavy atom. The van der Waals surface area contributed by atoms with E-state index in [2.05, 4.69) is 64.0 Å². The molecule has 0 N–H and O–H groups in total. The predicted octanol–water partition coefficient (Wildman–Crippen LogP) is 2.85. The van der Waals surface area contributed by atoms with E-state index in [4.69, 9.17) is 0 Å². The molecule has 1 aromatic rings. The van der Waals surface area contributed by atoms with Crippen molar-refractivity contribution >= 4 is 0 Å². The highest BCUT2D eigenvalue weighted by Gasteiger charge is 2.12. The molecule has 0 unspecified atom stereocenters. The molecule has 0 amide bonds. The zero-order valence-corrected chi connectivity index (χ0v) is 9.89. The normalized spacial score (nSPS) is 12.1. The van der Waals surface area contributed by atoms with Crippen LogP contribution in [0.4, 0.5) is 0 Å². The van der Waals surface area contributed by atoms with Crippen LogP contribution in [0.25, 0.3) is 0 Å². The van der Waals surface area contributed by atoms with Gasteiger partial charge >= 0.3 is 0 Å². The Kier molecular flexibility index (Phi) is 3.33. The summed E-state index contributed by atoms with van der Waals surface area (Å²) in [5, 5.41) is 0. The minimum Gasteiger partial charge on any atom is -0.305 e. The van der Waals surface area contributed by atoms with E-state index in [0.717, 1.165) is 6.54 Å². The quantitative estimate of drug-likeness (QED) is 0.693. The Balaban J connectivity index is 2.79. The van der Waals surface area contributed by atoms with E-state index >= 15 is 0 Å². The number of nitrogens with zero attached hydrogens (tertiary/aromatic N) is 1. The van der Waals surface area contributed by atoms with Crippen molar-refractivity contribution in [3.8, 4) is 0 Å². The van der Waals surface area contributed by atoms with E-state index in [1.807, 2.05) is 0 Å². The van der Waals surface area contributed by atoms with E-state index in [1.165, 1.54) is 11.1 Å². The Morgan fingerprint density at radius 1 is 1.21 bits per heavy atom. The second kappa shape index (κ2) is 4.14. The van der Waals surface area contributed by atoms with Crippen molar-refractivity contribution in [2.24, 2.45) is 0 Å². The molecule has 0 aliphatic carbocycles. The van der Waals surface area contributed by atoms with Gasteiger partial charge in [-0.15, -0.1) is 0 Å². The van der Waals surface area contributed by atoms with Gasteiger partial charge in [0.15, 0.2) is 0 Å². The molecular weight excluding hydrogens is 170 g/mol. The van der Waals surface area contributed by atoms with Crippen molar-refractivity contribution in [2.75, 3.05) is 14.1 Å². The van der Waals surface area contributed by atoms with Gasteiger partial charge in [0.25, 0.3) is 0 Å². The molecule has 0 aromatic heterocycles. The summed E-state index contributed by atoms with van der Waals surface area (Å²) in [4.78, 5) is 2.16. The Bertz CT molecular complexity index is 277. The van der Waals surface area contributed by atoms with Crippen LogP contribution in [-0.2, 0) is 12.0 Å². The van der Waals surface area contributed by atoms with Gasteiger partial charge in [0.1, 0.15) is 0 Å². The second-order valence-corrected chi connectivity index (χ2v) is 5.09. The van der Waals surface area contributed by atoms with Crippen LogP contribution < -0.4 is 0 Å². The van der Waals surface area contributed by atoms with Gasteiger partial charge in [-0.2, -0.15) is 0 Å². The predicted molar refractivity (Wildman–Crippen MR) is 61.4 cm³/mol. The lowest BCUT2D eigenvalue weighted by molar-refractivity contribution is 0.402. The fourth-order valence-electron chi connectivity index (χ4n) is 1.36. The molecule has 0 atom stereocenters. The molecule has 0 fully saturated rings. The van der Waals surface area contributed by atoms with Crippen LogP contribution in [0.15, 0.2) is 18.2 Å². The first-order valence-corrected chi connectivity index (χ1v) is 5.05. The van der Waals surface area contributed by atoms with Crippen LogP contribution in [0.2, 0.25) is 0 Å². The average molecular weight is 190 g/mol. The van der Waals surface area contributed by atoms with Crippen molar-refractivity contribution in [2.45, 2.75) is 32.7 Å². The monoisotopic (exact) mass is 190 g/mol. The van der Waals surface area contributed by atoms with Gasteiger partial charge < -0.3 is 4.90 Å². The number of benzene rings is 1. The highest BCUT2D eigenvalue weighted by molar-refractivity contribution is 5.26. The van der Waals surface area contributed by atoms with Crippen LogP contribution >= 0.6 is 0 Å². The Morgan fingerprint density at radius 2 is 1.86 bits per heavy atom. The zero-order valence-electron chi connectivity index (χ0n) is 9.89. The summed E-state index contributed by atoms with van der Waals surface area (Å²) >= 11 is 0. The van der Waals surface area contributed by atoms with Crippen molar-refractivity contribution in [1.29, 1.82) is 0 Å². The van der Waals surface area contributed by atoms with Gasteiger partial charge in [-0.3, -0.25) is 0 Å². The largest absolute Gasteiger partial charge is 0.305 e. The van der Waals surface area contributed by atoms with E-state index < -0.39 is 0 Å². The van der Waals surface area contributed by atoms with E-state index in [9.17, 15) is 0 Å². The van der Waals surface area contributed by atoms with Gasteiger partial charge in [0.05, 0.1) is 0 Å². The van der Waals surface area contributed by atoms with Gasteiger partial charge in [-0.25, -0.2) is 0 Å². The molecule has 0 bridgehead atoms. The molecule has 0 saturated heterocycles. The standard InChI is InChI=1S/C13H20N/c1-13(2,3)12-8-6-11(7-9-12)10-14(4)5/h6,8-9H,10H2,1-5H3. The molecule has 77 valence electrons. The summed E-state index contributed by atoms with van der Waals surface area (Å²) < 4.78 is 0. The molecule has 14 heavy (non-hydrogen) atoms. The van der Waals surface area contributed by atoms with Crippen LogP contribution in [0.1, 0.15) is 31.9 Å². The Labute approximate surface area is 87.7 Å². The molecule has 0 aliphatic heterocycles. The molecule has 1 heteroatoms. The van der Waals surface area contributed by atoms with E-state index in [1.54, 1.807) is 0 Å². The summed E-state index contributed by atoms with van der Waals surface area (Å²) in [5.74, 6) is 0. The molecule has 0 spiro atoms. The molecule has 0 saturated carbocycles. The van der Waals surface area contributed by atoms with Crippen molar-refractivity contribution in [1.82, 2.24) is 4.90 Å². The third-order valence-electron chi connectivity index (χ3n) is 2.23. The summed E-state index contributed by atoms with van der Waals surface area (Å²) in [7, 11) is 4.15. The number of rotatable bonds is 2. The van der Waals surface area contributed by atoms with Gasteiger partial charge in [0, 0.05) is 6.54 Å². The SMILES string of the molecule is CN(C)Cc1[c]cc(C(C)(C)C)cc1. The average Bonchev–Trinajstić information content (AvgIpc) is 2.02. The van der Waals surface area contributed by atoms with Crippen molar-refractivity contribution in [3.05, 3.63) is 35.4 Å². The lowest BCUT2D eigenvalue weighted by Gasteiger charge is -2.19. The fourth-order valence-corrected chi connectivity index (χ4v) is 1.36. The molecule has 0 aliphatic rings. The molecule has 1 rings (SSSR count). The van der Waals surface area contributed by atoms with Crippen LogP contribution in [-0.4, -0.2) is 19.0 Å². The summed E-state index contributed by atoms with van der Waals surface area (Å²) in [6.07, 6.45) is 0. The topological polar surface area (TPSA) is 3.24 Å². The highest BCUT2D eigenvalue weighted by atomic mass is 15.0. The zero-order chi connectivity index (χ0) is 10.8. The van der Waals surface area contributed by atoms with Crippen LogP contribution in [0, 0.1) is 6.07 Å². The first-order valence-electron chi connectivity index (χ1n) is 5.05. The lowest BCUT2D eigenvalue weighted by atomic mass is 9.87. The maximum absolute atomic E-state index is 3.33. The third-order valence-corrected chi connectivity index (χ3v) is 2.23. The van der Waals surface area contributed by atoms with Gasteiger partial charge in [0.2, 0.25) is 0 Å². The van der Waals surface area contributed by atoms with Gasteiger partial charge in [-0.05, 0) is 36.7 Å². The Hall–Kier alpha value is -0.820. The third kappa shape index (κ3) is 3.15. The minimum atomic E-state index is 0.229. The first-order chi connectivity index (χ1) is 6.39. The molecule has 1 aromatic carbocycles. The lowest BCUT2D eigenvalue weighted by Crippen LogP contribution is -2.13. The maximum atomic E-state index is 3.33. The van der Waals surface area contributed by atoms with E-state index in [0.29, 0.717) is 0 Å². The highest BCUT2D eigenvalue weighted by Crippen LogP contribution is 2.21. The molecular formula is C13H20N. The molecule has 1 nitrogen and oxygen atoms in total. The smallest absolute Gasteiger partial charge is 0.0233 e. The summed E-state index contributed by atoms with van der Waals surface area (Å²) in [5.41, 5.74) is 2.83. The number of hydrogen-bond acceptors (Lipinski definition) is 1. The second-order valence-electron chi connectivity index (χ2n) is 5.09. The van der Waals surface area contributed by atoms with E-state index in [-0.39, 0.29) is 5.41 Å². The van der Waals surface area contributed by atoms with Crippen LogP contribution in [0.5, 0.6) is 0 Å². The molecule has 0 heterocycles. The van der Waals surface area contributed by atoms with Crippen molar-refractivity contribution in [3.63, 3.8) is 0 Å². The van der Waals surface area contributed by atoms with Gasteiger partial charge in [-0.1, -0.05) is 39.0 Å². The van der Waals surface area contributed by atoms with Crippen LogP contribution in [0.3, 0.4) is 0 Å². The molecule has 1 radical (unpaired) electrons. The van der Waals surface area contributed by atoms with Crippen molar-refractivity contribution < 1.29 is 0 Å². The summed E-state index contributed by atoms with van der Waals surface area (Å²) in [6, 6.07) is 9.81. The first kappa shape index (κ1) is 11.3. The number of hydrogen-bond donors (Lipinski definition) is 0. The summed E-state index contributed by atoms with van der Waals surface area (Å²) in [6.45, 7) is 7.63. The minimum absolute atomic E-state index is 0.229. The maximum Gasteiger partial charge on any atom is 0.0233 e. The fraction of sp³-hybridized carbons (Fsp3) is 0.538.